The molecule has 13 heavy (non-hydrogen) atoms. The summed E-state index contributed by atoms with van der Waals surface area (Å²) >= 11 is 0. The van der Waals surface area contributed by atoms with Crippen molar-refractivity contribution in [2.45, 2.75) is 25.4 Å². The van der Waals surface area contributed by atoms with Gasteiger partial charge in [0.15, 0.2) is 0 Å². The van der Waals surface area contributed by atoms with Gasteiger partial charge in [-0.25, -0.2) is 0 Å². The van der Waals surface area contributed by atoms with Crippen LogP contribution in [-0.2, 0) is 4.74 Å². The van der Waals surface area contributed by atoms with Gasteiger partial charge in [0.05, 0.1) is 12.7 Å². The quantitative estimate of drug-likeness (QED) is 0.568. The van der Waals surface area contributed by atoms with E-state index in [1.54, 1.807) is 0 Å². The maximum atomic E-state index is 5.53. The first-order chi connectivity index (χ1) is 6.29. The van der Waals surface area contributed by atoms with Gasteiger partial charge in [-0.1, -0.05) is 18.2 Å². The van der Waals surface area contributed by atoms with Crippen LogP contribution in [0.5, 0.6) is 0 Å². The topological polar surface area (TPSA) is 9.23 Å². The summed E-state index contributed by atoms with van der Waals surface area (Å²) in [4.78, 5) is 0. The lowest BCUT2D eigenvalue weighted by Gasteiger charge is -2.48. The average molecular weight is 178 g/mol. The van der Waals surface area contributed by atoms with E-state index >= 15 is 0 Å². The fourth-order valence-corrected chi connectivity index (χ4v) is 1.95. The summed E-state index contributed by atoms with van der Waals surface area (Å²) in [6.07, 6.45) is 9.15. The highest BCUT2D eigenvalue weighted by Gasteiger charge is 2.45. The third-order valence-electron chi connectivity index (χ3n) is 2.74. The Morgan fingerprint density at radius 1 is 1.15 bits per heavy atom. The molecule has 0 aromatic carbocycles. The van der Waals surface area contributed by atoms with Crippen molar-refractivity contribution in [3.05, 3.63) is 38.0 Å². The van der Waals surface area contributed by atoms with E-state index in [4.69, 9.17) is 4.74 Å². The third-order valence-corrected chi connectivity index (χ3v) is 2.74. The molecule has 1 unspecified atom stereocenters. The minimum atomic E-state index is 0.262. The molecule has 1 nitrogen and oxygen atoms in total. The monoisotopic (exact) mass is 178 g/mol. The molecule has 1 aliphatic rings. The average Bonchev–Trinajstić information content (AvgIpc) is 2.12. The van der Waals surface area contributed by atoms with Crippen molar-refractivity contribution in [2.24, 2.45) is 5.41 Å². The van der Waals surface area contributed by atoms with E-state index in [0.29, 0.717) is 6.10 Å². The van der Waals surface area contributed by atoms with E-state index < -0.39 is 0 Å². The highest BCUT2D eigenvalue weighted by atomic mass is 16.5. The number of hydrogen-bond acceptors (Lipinski definition) is 1. The first-order valence-electron chi connectivity index (χ1n) is 4.73. The van der Waals surface area contributed by atoms with Gasteiger partial charge in [0, 0.05) is 5.41 Å². The van der Waals surface area contributed by atoms with Gasteiger partial charge in [0.2, 0.25) is 0 Å². The SMILES string of the molecule is C=CCC1OCC1(CC=C)CC=C. The highest BCUT2D eigenvalue weighted by Crippen LogP contribution is 2.43. The Labute approximate surface area is 80.8 Å². The van der Waals surface area contributed by atoms with Crippen molar-refractivity contribution in [1.29, 1.82) is 0 Å². The summed E-state index contributed by atoms with van der Waals surface area (Å²) < 4.78 is 5.53. The molecule has 0 radical (unpaired) electrons. The minimum absolute atomic E-state index is 0.262. The zero-order valence-corrected chi connectivity index (χ0v) is 8.17. The van der Waals surface area contributed by atoms with Crippen molar-refractivity contribution >= 4 is 0 Å². The normalized spacial score (nSPS) is 24.5. The van der Waals surface area contributed by atoms with E-state index in [0.717, 1.165) is 25.9 Å². The van der Waals surface area contributed by atoms with Crippen LogP contribution in [0.3, 0.4) is 0 Å². The molecule has 0 spiro atoms. The molecule has 1 fully saturated rings. The summed E-state index contributed by atoms with van der Waals surface area (Å²) in [5, 5.41) is 0. The van der Waals surface area contributed by atoms with E-state index in [9.17, 15) is 0 Å². The van der Waals surface area contributed by atoms with Gasteiger partial charge in [-0.15, -0.1) is 19.7 Å². The first-order valence-corrected chi connectivity index (χ1v) is 4.73. The van der Waals surface area contributed by atoms with Crippen molar-refractivity contribution in [2.75, 3.05) is 6.61 Å². The number of ether oxygens (including phenoxy) is 1. The van der Waals surface area contributed by atoms with Gasteiger partial charge >= 0.3 is 0 Å². The second-order valence-corrected chi connectivity index (χ2v) is 3.67. The molecule has 0 aliphatic carbocycles. The van der Waals surface area contributed by atoms with Crippen molar-refractivity contribution < 1.29 is 4.74 Å². The second-order valence-electron chi connectivity index (χ2n) is 3.67. The van der Waals surface area contributed by atoms with Gasteiger partial charge in [0.1, 0.15) is 0 Å². The lowest BCUT2D eigenvalue weighted by molar-refractivity contribution is -0.181. The largest absolute Gasteiger partial charge is 0.377 e. The molecule has 1 heterocycles. The molecule has 0 N–H and O–H groups in total. The number of hydrogen-bond donors (Lipinski definition) is 0. The summed E-state index contributed by atoms with van der Waals surface area (Å²) in [5.74, 6) is 0. The standard InChI is InChI=1S/C12H18O/c1-4-7-11-12(8-5-2,9-6-3)10-13-11/h4-6,11H,1-3,7-10H2. The fraction of sp³-hybridized carbons (Fsp3) is 0.500. The molecule has 1 saturated heterocycles. The van der Waals surface area contributed by atoms with E-state index in [1.165, 1.54) is 0 Å². The Balaban J connectivity index is 2.60. The molecule has 1 atom stereocenters. The van der Waals surface area contributed by atoms with Crippen molar-refractivity contribution in [3.8, 4) is 0 Å². The van der Waals surface area contributed by atoms with Gasteiger partial charge in [-0.05, 0) is 19.3 Å². The van der Waals surface area contributed by atoms with Crippen LogP contribution in [0, 0.1) is 5.41 Å². The van der Waals surface area contributed by atoms with Crippen molar-refractivity contribution in [3.63, 3.8) is 0 Å². The summed E-state index contributed by atoms with van der Waals surface area (Å²) in [6.45, 7) is 12.2. The molecule has 0 bridgehead atoms. The molecular weight excluding hydrogens is 160 g/mol. The third kappa shape index (κ3) is 1.92. The Hall–Kier alpha value is -0.820. The number of allylic oxidation sites excluding steroid dienone is 2. The van der Waals surface area contributed by atoms with Gasteiger partial charge < -0.3 is 4.74 Å². The van der Waals surface area contributed by atoms with Crippen LogP contribution in [0.2, 0.25) is 0 Å². The fourth-order valence-electron chi connectivity index (χ4n) is 1.95. The minimum Gasteiger partial charge on any atom is -0.377 e. The predicted molar refractivity (Wildman–Crippen MR) is 56.6 cm³/mol. The van der Waals surface area contributed by atoms with Gasteiger partial charge in [-0.2, -0.15) is 0 Å². The van der Waals surface area contributed by atoms with E-state index in [1.807, 2.05) is 18.2 Å². The Kier molecular flexibility index (Phi) is 3.49. The Bertz CT molecular complexity index is 195. The molecule has 0 saturated carbocycles. The predicted octanol–water partition coefficient (Wildman–Crippen LogP) is 3.10. The van der Waals surface area contributed by atoms with Gasteiger partial charge in [-0.3, -0.25) is 0 Å². The van der Waals surface area contributed by atoms with Crippen LogP contribution in [-0.4, -0.2) is 12.7 Å². The summed E-state index contributed by atoms with van der Waals surface area (Å²) in [6, 6.07) is 0. The molecule has 1 heteroatoms. The lowest BCUT2D eigenvalue weighted by atomic mass is 9.71. The van der Waals surface area contributed by atoms with Crippen LogP contribution in [0.15, 0.2) is 38.0 Å². The lowest BCUT2D eigenvalue weighted by Crippen LogP contribution is -2.51. The van der Waals surface area contributed by atoms with Crippen LogP contribution in [0.4, 0.5) is 0 Å². The Morgan fingerprint density at radius 3 is 2.08 bits per heavy atom. The molecule has 0 aromatic heterocycles. The zero-order chi connectivity index (χ0) is 9.73. The maximum Gasteiger partial charge on any atom is 0.0693 e. The number of rotatable bonds is 6. The molecular formula is C12H18O. The summed E-state index contributed by atoms with van der Waals surface area (Å²) in [5.41, 5.74) is 0.262. The van der Waals surface area contributed by atoms with Crippen LogP contribution in [0.25, 0.3) is 0 Å². The Morgan fingerprint density at radius 2 is 1.77 bits per heavy atom. The highest BCUT2D eigenvalue weighted by molar-refractivity contribution is 5.03. The van der Waals surface area contributed by atoms with Crippen molar-refractivity contribution in [1.82, 2.24) is 0 Å². The molecule has 1 aliphatic heterocycles. The van der Waals surface area contributed by atoms with Gasteiger partial charge in [0.25, 0.3) is 0 Å². The van der Waals surface area contributed by atoms with Crippen LogP contribution in [0.1, 0.15) is 19.3 Å². The molecule has 0 amide bonds. The van der Waals surface area contributed by atoms with Crippen LogP contribution < -0.4 is 0 Å². The van der Waals surface area contributed by atoms with Crippen LogP contribution >= 0.6 is 0 Å². The maximum absolute atomic E-state index is 5.53. The molecule has 72 valence electrons. The van der Waals surface area contributed by atoms with E-state index in [2.05, 4.69) is 19.7 Å². The first kappa shape index (κ1) is 10.3. The second kappa shape index (κ2) is 4.43. The summed E-state index contributed by atoms with van der Waals surface area (Å²) in [7, 11) is 0. The molecule has 0 aromatic rings. The van der Waals surface area contributed by atoms with E-state index in [-0.39, 0.29) is 5.41 Å². The smallest absolute Gasteiger partial charge is 0.0693 e. The zero-order valence-electron chi connectivity index (χ0n) is 8.17. The molecule has 1 rings (SSSR count).